The van der Waals surface area contributed by atoms with Crippen molar-refractivity contribution in [1.82, 2.24) is 5.32 Å². The summed E-state index contributed by atoms with van der Waals surface area (Å²) in [5.74, 6) is -0.0411. The molecule has 1 aliphatic rings. The number of benzene rings is 1. The number of hydrogen-bond acceptors (Lipinski definition) is 2. The predicted molar refractivity (Wildman–Crippen MR) is 62.3 cm³/mol. The van der Waals surface area contributed by atoms with Crippen molar-refractivity contribution in [2.45, 2.75) is 19.8 Å². The summed E-state index contributed by atoms with van der Waals surface area (Å²) in [4.78, 5) is 11.7. The van der Waals surface area contributed by atoms with Gasteiger partial charge in [-0.15, -0.1) is 0 Å². The molecule has 1 saturated carbocycles. The van der Waals surface area contributed by atoms with Gasteiger partial charge in [0.15, 0.2) is 0 Å². The molecule has 1 unspecified atom stereocenters. The lowest BCUT2D eigenvalue weighted by Crippen LogP contribution is -2.29. The third-order valence-electron chi connectivity index (χ3n) is 3.22. The minimum absolute atomic E-state index is 0.120. The van der Waals surface area contributed by atoms with Crippen LogP contribution in [0.1, 0.15) is 30.1 Å². The Balaban J connectivity index is 1.94. The van der Waals surface area contributed by atoms with Crippen molar-refractivity contribution < 1.29 is 14.3 Å². The molecule has 0 radical (unpaired) electrons. The van der Waals surface area contributed by atoms with E-state index < -0.39 is 5.82 Å². The van der Waals surface area contributed by atoms with E-state index in [0.29, 0.717) is 12.5 Å². The SMILES string of the molecule is CC(CNC(=O)c1ccc(F)cc1O)C1CC1. The van der Waals surface area contributed by atoms with Crippen LogP contribution in [0.5, 0.6) is 5.75 Å². The highest BCUT2D eigenvalue weighted by atomic mass is 19.1. The maximum Gasteiger partial charge on any atom is 0.255 e. The highest BCUT2D eigenvalue weighted by Crippen LogP contribution is 2.36. The van der Waals surface area contributed by atoms with Crippen molar-refractivity contribution in [3.63, 3.8) is 0 Å². The fourth-order valence-corrected chi connectivity index (χ4v) is 1.88. The first kappa shape index (κ1) is 11.9. The summed E-state index contributed by atoms with van der Waals surface area (Å²) in [6, 6.07) is 3.40. The van der Waals surface area contributed by atoms with Crippen molar-refractivity contribution in [1.29, 1.82) is 0 Å². The van der Waals surface area contributed by atoms with E-state index in [4.69, 9.17) is 0 Å². The highest BCUT2D eigenvalue weighted by Gasteiger charge is 2.28. The minimum atomic E-state index is -0.551. The van der Waals surface area contributed by atoms with Gasteiger partial charge in [0.25, 0.3) is 5.91 Å². The van der Waals surface area contributed by atoms with Crippen LogP contribution in [-0.2, 0) is 0 Å². The number of carbonyl (C=O) groups excluding carboxylic acids is 1. The molecule has 1 aromatic carbocycles. The second kappa shape index (κ2) is 4.73. The van der Waals surface area contributed by atoms with E-state index in [1.54, 1.807) is 0 Å². The van der Waals surface area contributed by atoms with Crippen LogP contribution in [-0.4, -0.2) is 17.6 Å². The summed E-state index contributed by atoms with van der Waals surface area (Å²) in [7, 11) is 0. The average Bonchev–Trinajstić information content (AvgIpc) is 3.09. The second-order valence-electron chi connectivity index (χ2n) is 4.69. The highest BCUT2D eigenvalue weighted by molar-refractivity contribution is 5.96. The smallest absolute Gasteiger partial charge is 0.255 e. The van der Waals surface area contributed by atoms with Crippen molar-refractivity contribution >= 4 is 5.91 Å². The van der Waals surface area contributed by atoms with E-state index >= 15 is 0 Å². The number of hydrogen-bond donors (Lipinski definition) is 2. The summed E-state index contributed by atoms with van der Waals surface area (Å²) in [5.41, 5.74) is 0.120. The lowest BCUT2D eigenvalue weighted by Gasteiger charge is -2.12. The van der Waals surface area contributed by atoms with Gasteiger partial charge >= 0.3 is 0 Å². The molecule has 0 saturated heterocycles. The van der Waals surface area contributed by atoms with Crippen molar-refractivity contribution in [2.75, 3.05) is 6.54 Å². The number of phenols is 1. The summed E-state index contributed by atoms with van der Waals surface area (Å²) in [6.45, 7) is 2.70. The number of phenolic OH excluding ortho intramolecular Hbond substituents is 1. The average molecular weight is 237 g/mol. The zero-order chi connectivity index (χ0) is 12.4. The molecule has 4 heteroatoms. The van der Waals surface area contributed by atoms with Gasteiger partial charge in [-0.3, -0.25) is 4.79 Å². The molecule has 3 nitrogen and oxygen atoms in total. The number of carbonyl (C=O) groups is 1. The van der Waals surface area contributed by atoms with Crippen LogP contribution in [0.15, 0.2) is 18.2 Å². The van der Waals surface area contributed by atoms with Crippen LogP contribution in [0.4, 0.5) is 4.39 Å². The Hall–Kier alpha value is -1.58. The van der Waals surface area contributed by atoms with Gasteiger partial charge in [-0.05, 0) is 36.8 Å². The first-order valence-electron chi connectivity index (χ1n) is 5.84. The molecule has 2 rings (SSSR count). The van der Waals surface area contributed by atoms with Gasteiger partial charge in [0.2, 0.25) is 0 Å². The van der Waals surface area contributed by atoms with E-state index in [-0.39, 0.29) is 17.2 Å². The number of aromatic hydroxyl groups is 1. The third-order valence-corrected chi connectivity index (χ3v) is 3.22. The Morgan fingerprint density at radius 3 is 2.88 bits per heavy atom. The van der Waals surface area contributed by atoms with E-state index in [0.717, 1.165) is 12.0 Å². The fourth-order valence-electron chi connectivity index (χ4n) is 1.88. The van der Waals surface area contributed by atoms with Gasteiger partial charge in [0, 0.05) is 12.6 Å². The first-order chi connectivity index (χ1) is 8.08. The Bertz CT molecular complexity index is 429. The fraction of sp³-hybridized carbons (Fsp3) is 0.462. The zero-order valence-corrected chi connectivity index (χ0v) is 9.74. The van der Waals surface area contributed by atoms with Gasteiger partial charge in [0.05, 0.1) is 5.56 Å². The standard InChI is InChI=1S/C13H16FNO2/c1-8(9-2-3-9)7-15-13(17)11-5-4-10(14)6-12(11)16/h4-6,8-9,16H,2-3,7H2,1H3,(H,15,17). The molecule has 0 heterocycles. The van der Waals surface area contributed by atoms with Crippen LogP contribution in [0.2, 0.25) is 0 Å². The van der Waals surface area contributed by atoms with E-state index in [1.807, 2.05) is 0 Å². The zero-order valence-electron chi connectivity index (χ0n) is 9.74. The lowest BCUT2D eigenvalue weighted by atomic mass is 10.1. The number of halogens is 1. The first-order valence-corrected chi connectivity index (χ1v) is 5.84. The maximum absolute atomic E-state index is 12.7. The van der Waals surface area contributed by atoms with Crippen molar-refractivity contribution in [3.05, 3.63) is 29.6 Å². The van der Waals surface area contributed by atoms with Crippen molar-refractivity contribution in [3.8, 4) is 5.75 Å². The van der Waals surface area contributed by atoms with Crippen LogP contribution in [0.3, 0.4) is 0 Å². The summed E-state index contributed by atoms with van der Waals surface area (Å²) in [5, 5.41) is 12.2. The molecule has 2 N–H and O–H groups in total. The molecule has 17 heavy (non-hydrogen) atoms. The minimum Gasteiger partial charge on any atom is -0.507 e. The Kier molecular flexibility index (Phi) is 3.31. The second-order valence-corrected chi connectivity index (χ2v) is 4.69. The molecule has 1 aromatic rings. The van der Waals surface area contributed by atoms with Gasteiger partial charge in [-0.25, -0.2) is 4.39 Å². The molecular formula is C13H16FNO2. The van der Waals surface area contributed by atoms with E-state index in [1.165, 1.54) is 25.0 Å². The quantitative estimate of drug-likeness (QED) is 0.844. The monoisotopic (exact) mass is 237 g/mol. The normalized spacial score (nSPS) is 16.6. The van der Waals surface area contributed by atoms with E-state index in [2.05, 4.69) is 12.2 Å². The summed E-state index contributed by atoms with van der Waals surface area (Å²) in [6.07, 6.45) is 2.47. The molecule has 92 valence electrons. The molecule has 1 amide bonds. The van der Waals surface area contributed by atoms with Crippen LogP contribution in [0, 0.1) is 17.7 Å². The molecule has 0 aliphatic heterocycles. The van der Waals surface area contributed by atoms with Gasteiger partial charge < -0.3 is 10.4 Å². The van der Waals surface area contributed by atoms with Crippen LogP contribution in [0.25, 0.3) is 0 Å². The third kappa shape index (κ3) is 2.96. The summed E-state index contributed by atoms with van der Waals surface area (Å²) >= 11 is 0. The maximum atomic E-state index is 12.7. The van der Waals surface area contributed by atoms with Gasteiger partial charge in [-0.2, -0.15) is 0 Å². The predicted octanol–water partition coefficient (Wildman–Crippen LogP) is 2.31. The lowest BCUT2D eigenvalue weighted by molar-refractivity contribution is 0.0944. The molecule has 1 aliphatic carbocycles. The summed E-state index contributed by atoms with van der Waals surface area (Å²) < 4.78 is 12.7. The molecule has 0 aromatic heterocycles. The Labute approximate surface area is 99.7 Å². The molecule has 1 fully saturated rings. The van der Waals surface area contributed by atoms with E-state index in [9.17, 15) is 14.3 Å². The number of amides is 1. The molecule has 1 atom stereocenters. The van der Waals surface area contributed by atoms with Crippen LogP contribution >= 0.6 is 0 Å². The number of nitrogens with one attached hydrogen (secondary N) is 1. The van der Waals surface area contributed by atoms with Gasteiger partial charge in [0.1, 0.15) is 11.6 Å². The Morgan fingerprint density at radius 2 is 2.29 bits per heavy atom. The van der Waals surface area contributed by atoms with Gasteiger partial charge in [-0.1, -0.05) is 6.92 Å². The topological polar surface area (TPSA) is 49.3 Å². The molecule has 0 spiro atoms. The molecular weight excluding hydrogens is 221 g/mol. The Morgan fingerprint density at radius 1 is 1.59 bits per heavy atom. The largest absolute Gasteiger partial charge is 0.507 e. The van der Waals surface area contributed by atoms with Crippen molar-refractivity contribution in [2.24, 2.45) is 11.8 Å². The molecule has 0 bridgehead atoms. The van der Waals surface area contributed by atoms with Crippen LogP contribution < -0.4 is 5.32 Å². The number of rotatable bonds is 4.